The number of amides is 1. The lowest BCUT2D eigenvalue weighted by atomic mass is 9.98. The van der Waals surface area contributed by atoms with Gasteiger partial charge in [-0.2, -0.15) is 26.3 Å². The van der Waals surface area contributed by atoms with Crippen molar-refractivity contribution in [3.05, 3.63) is 28.8 Å². The molecule has 0 bridgehead atoms. The predicted molar refractivity (Wildman–Crippen MR) is 46.6 cm³/mol. The number of primary amides is 1. The van der Waals surface area contributed by atoms with Crippen molar-refractivity contribution in [2.45, 2.75) is 12.4 Å². The third-order valence-electron chi connectivity index (χ3n) is 2.02. The molecule has 1 aromatic rings. The molecule has 0 spiro atoms. The second-order valence-corrected chi connectivity index (χ2v) is 3.24. The second kappa shape index (κ2) is 4.07. The van der Waals surface area contributed by atoms with Crippen molar-refractivity contribution >= 4 is 5.91 Å². The van der Waals surface area contributed by atoms with Gasteiger partial charge in [0.15, 0.2) is 0 Å². The Morgan fingerprint density at radius 1 is 1.06 bits per heavy atom. The molecule has 0 heterocycles. The fraction of sp³-hybridized carbons (Fsp3) is 0.222. The number of phenolic OH excluding ortho intramolecular Hbond substituents is 1. The summed E-state index contributed by atoms with van der Waals surface area (Å²) in [7, 11) is 0. The molecule has 3 nitrogen and oxygen atoms in total. The van der Waals surface area contributed by atoms with Gasteiger partial charge in [0, 0.05) is 0 Å². The molecule has 0 aromatic heterocycles. The van der Waals surface area contributed by atoms with Crippen LogP contribution in [0.3, 0.4) is 0 Å². The van der Waals surface area contributed by atoms with E-state index in [-0.39, 0.29) is 12.1 Å². The molecule has 0 unspecified atom stereocenters. The average molecular weight is 273 g/mol. The highest BCUT2D eigenvalue weighted by molar-refractivity contribution is 5.97. The van der Waals surface area contributed by atoms with Gasteiger partial charge in [-0.25, -0.2) is 0 Å². The number of benzene rings is 1. The van der Waals surface area contributed by atoms with Crippen LogP contribution in [0.5, 0.6) is 5.75 Å². The van der Waals surface area contributed by atoms with E-state index < -0.39 is 40.7 Å². The summed E-state index contributed by atoms with van der Waals surface area (Å²) in [6.45, 7) is 0. The number of nitrogens with two attached hydrogens (primary N) is 1. The van der Waals surface area contributed by atoms with Crippen molar-refractivity contribution in [3.63, 3.8) is 0 Å². The minimum absolute atomic E-state index is 0.157. The highest BCUT2D eigenvalue weighted by Crippen LogP contribution is 2.43. The van der Waals surface area contributed by atoms with Crippen molar-refractivity contribution in [3.8, 4) is 5.75 Å². The minimum atomic E-state index is -5.34. The molecule has 1 amide bonds. The Kier molecular flexibility index (Phi) is 3.20. The summed E-state index contributed by atoms with van der Waals surface area (Å²) in [6, 6.07) is 0.364. The van der Waals surface area contributed by atoms with Gasteiger partial charge in [-0.3, -0.25) is 4.79 Å². The smallest absolute Gasteiger partial charge is 0.420 e. The van der Waals surface area contributed by atoms with Gasteiger partial charge >= 0.3 is 12.4 Å². The first kappa shape index (κ1) is 14.1. The Morgan fingerprint density at radius 2 is 1.56 bits per heavy atom. The van der Waals surface area contributed by atoms with Crippen LogP contribution in [-0.2, 0) is 12.4 Å². The van der Waals surface area contributed by atoms with Crippen LogP contribution in [0.15, 0.2) is 12.1 Å². The van der Waals surface area contributed by atoms with E-state index in [1.165, 1.54) is 0 Å². The molecule has 18 heavy (non-hydrogen) atoms. The Hall–Kier alpha value is -1.93. The molecule has 0 radical (unpaired) electrons. The van der Waals surface area contributed by atoms with Crippen molar-refractivity contribution in [2.75, 3.05) is 0 Å². The van der Waals surface area contributed by atoms with E-state index in [0.29, 0.717) is 0 Å². The fourth-order valence-electron chi connectivity index (χ4n) is 1.37. The van der Waals surface area contributed by atoms with Crippen LogP contribution in [0.2, 0.25) is 0 Å². The topological polar surface area (TPSA) is 63.3 Å². The summed E-state index contributed by atoms with van der Waals surface area (Å²) >= 11 is 0. The SMILES string of the molecule is NC(=O)c1c(C(F)(F)F)ccc(O)c1C(F)(F)F. The van der Waals surface area contributed by atoms with E-state index in [2.05, 4.69) is 5.73 Å². The number of rotatable bonds is 1. The van der Waals surface area contributed by atoms with Gasteiger partial charge in [0.25, 0.3) is 0 Å². The maximum atomic E-state index is 12.5. The highest BCUT2D eigenvalue weighted by atomic mass is 19.4. The molecule has 9 heteroatoms. The van der Waals surface area contributed by atoms with Crippen LogP contribution in [-0.4, -0.2) is 11.0 Å². The van der Waals surface area contributed by atoms with Gasteiger partial charge in [0.1, 0.15) is 11.3 Å². The molecule has 0 fully saturated rings. The Balaban J connectivity index is 3.76. The van der Waals surface area contributed by atoms with Crippen molar-refractivity contribution in [1.29, 1.82) is 0 Å². The van der Waals surface area contributed by atoms with Crippen LogP contribution in [0.1, 0.15) is 21.5 Å². The van der Waals surface area contributed by atoms with E-state index in [9.17, 15) is 31.1 Å². The number of carbonyl (C=O) groups excluding carboxylic acids is 1. The summed E-state index contributed by atoms with van der Waals surface area (Å²) in [4.78, 5) is 10.8. The maximum absolute atomic E-state index is 12.5. The summed E-state index contributed by atoms with van der Waals surface area (Å²) in [5.41, 5.74) is -1.21. The molecule has 0 aliphatic rings. The predicted octanol–water partition coefficient (Wildman–Crippen LogP) is 2.53. The third-order valence-corrected chi connectivity index (χ3v) is 2.02. The first-order chi connectivity index (χ1) is 7.96. The van der Waals surface area contributed by atoms with Crippen LogP contribution < -0.4 is 5.73 Å². The molecule has 0 aliphatic carbocycles. The van der Waals surface area contributed by atoms with Crippen LogP contribution in [0.4, 0.5) is 26.3 Å². The van der Waals surface area contributed by atoms with Gasteiger partial charge in [0.2, 0.25) is 5.91 Å². The Labute approximate surface area is 95.8 Å². The first-order valence-corrected chi connectivity index (χ1v) is 4.26. The van der Waals surface area contributed by atoms with Gasteiger partial charge < -0.3 is 10.8 Å². The molecule has 0 aliphatic heterocycles. The molecular formula is C9H5F6NO2. The average Bonchev–Trinajstić information content (AvgIpc) is 2.12. The molecule has 1 aromatic carbocycles. The van der Waals surface area contributed by atoms with E-state index in [4.69, 9.17) is 5.11 Å². The zero-order valence-corrected chi connectivity index (χ0v) is 8.36. The normalized spacial score (nSPS) is 12.6. The van der Waals surface area contributed by atoms with E-state index in [0.717, 1.165) is 0 Å². The second-order valence-electron chi connectivity index (χ2n) is 3.24. The molecule has 0 saturated carbocycles. The number of alkyl halides is 6. The summed E-state index contributed by atoms with van der Waals surface area (Å²) in [5.74, 6) is -3.42. The number of phenols is 1. The number of aromatic hydroxyl groups is 1. The molecule has 3 N–H and O–H groups in total. The Bertz CT molecular complexity index is 491. The monoisotopic (exact) mass is 273 g/mol. The van der Waals surface area contributed by atoms with Crippen molar-refractivity contribution in [2.24, 2.45) is 5.73 Å². The zero-order chi connectivity index (χ0) is 14.3. The molecule has 1 rings (SSSR count). The van der Waals surface area contributed by atoms with E-state index >= 15 is 0 Å². The molecular weight excluding hydrogens is 268 g/mol. The zero-order valence-electron chi connectivity index (χ0n) is 8.36. The highest BCUT2D eigenvalue weighted by Gasteiger charge is 2.44. The number of hydrogen-bond acceptors (Lipinski definition) is 2. The summed E-state index contributed by atoms with van der Waals surface area (Å²) < 4.78 is 74.9. The number of carbonyl (C=O) groups is 1. The van der Waals surface area contributed by atoms with Crippen LogP contribution in [0, 0.1) is 0 Å². The van der Waals surface area contributed by atoms with E-state index in [1.54, 1.807) is 0 Å². The summed E-state index contributed by atoms with van der Waals surface area (Å²) in [5, 5.41) is 8.97. The minimum Gasteiger partial charge on any atom is -0.507 e. The van der Waals surface area contributed by atoms with Crippen LogP contribution in [0.25, 0.3) is 0 Å². The van der Waals surface area contributed by atoms with Gasteiger partial charge in [-0.15, -0.1) is 0 Å². The molecule has 100 valence electrons. The standard InChI is InChI=1S/C9H5F6NO2/c10-8(11,12)3-1-2-4(17)6(9(13,14)15)5(3)7(16)18/h1-2,17H,(H2,16,18). The lowest BCUT2D eigenvalue weighted by Crippen LogP contribution is -2.24. The molecule has 0 saturated heterocycles. The summed E-state index contributed by atoms with van der Waals surface area (Å²) in [6.07, 6.45) is -10.5. The van der Waals surface area contributed by atoms with Gasteiger partial charge in [0.05, 0.1) is 11.1 Å². The maximum Gasteiger partial charge on any atom is 0.420 e. The first-order valence-electron chi connectivity index (χ1n) is 4.26. The lowest BCUT2D eigenvalue weighted by molar-refractivity contribution is -0.144. The van der Waals surface area contributed by atoms with Gasteiger partial charge in [-0.1, -0.05) is 0 Å². The Morgan fingerprint density at radius 3 is 1.89 bits per heavy atom. The number of hydrogen-bond donors (Lipinski definition) is 2. The van der Waals surface area contributed by atoms with Gasteiger partial charge in [-0.05, 0) is 12.1 Å². The van der Waals surface area contributed by atoms with E-state index in [1.807, 2.05) is 0 Å². The van der Waals surface area contributed by atoms with Crippen LogP contribution >= 0.6 is 0 Å². The van der Waals surface area contributed by atoms with Crippen molar-refractivity contribution < 1.29 is 36.2 Å². The van der Waals surface area contributed by atoms with Crippen molar-refractivity contribution in [1.82, 2.24) is 0 Å². The third kappa shape index (κ3) is 2.49. The molecule has 0 atom stereocenters. The largest absolute Gasteiger partial charge is 0.507 e. The quantitative estimate of drug-likeness (QED) is 0.772. The lowest BCUT2D eigenvalue weighted by Gasteiger charge is -2.17. The fourth-order valence-corrected chi connectivity index (χ4v) is 1.37. The number of halogens is 6.